The maximum atomic E-state index is 14.1. The molecule has 1 atom stereocenters. The van der Waals surface area contributed by atoms with Crippen molar-refractivity contribution in [1.29, 1.82) is 0 Å². The first-order valence-electron chi connectivity index (χ1n) is 7.16. The lowest BCUT2D eigenvalue weighted by molar-refractivity contribution is 0.0807. The van der Waals surface area contributed by atoms with Gasteiger partial charge in [-0.1, -0.05) is 18.6 Å². The van der Waals surface area contributed by atoms with E-state index in [2.05, 4.69) is 10.2 Å². The van der Waals surface area contributed by atoms with E-state index in [1.807, 2.05) is 0 Å². The van der Waals surface area contributed by atoms with E-state index in [1.54, 1.807) is 12.1 Å². The summed E-state index contributed by atoms with van der Waals surface area (Å²) in [6, 6.07) is 4.63. The molecule has 3 rings (SSSR count). The van der Waals surface area contributed by atoms with Gasteiger partial charge in [0.2, 0.25) is 0 Å². The van der Waals surface area contributed by atoms with Crippen molar-refractivity contribution in [3.8, 4) is 0 Å². The quantitative estimate of drug-likeness (QED) is 0.923. The van der Waals surface area contributed by atoms with Gasteiger partial charge in [0.15, 0.2) is 11.6 Å². The zero-order valence-electron chi connectivity index (χ0n) is 11.4. The van der Waals surface area contributed by atoms with Gasteiger partial charge in [0.25, 0.3) is 0 Å². The summed E-state index contributed by atoms with van der Waals surface area (Å²) in [6.07, 6.45) is 3.47. The second-order valence-corrected chi connectivity index (χ2v) is 5.56. The fourth-order valence-electron chi connectivity index (χ4n) is 3.21. The van der Waals surface area contributed by atoms with Crippen molar-refractivity contribution in [2.45, 2.75) is 25.3 Å². The number of piperazine rings is 1. The highest BCUT2D eigenvalue weighted by atomic mass is 35.5. The van der Waals surface area contributed by atoms with Gasteiger partial charge in [-0.25, -0.2) is 8.78 Å². The number of nitrogens with one attached hydrogen (secondary N) is 1. The molecule has 0 radical (unpaired) electrons. The molecule has 1 aliphatic heterocycles. The highest BCUT2D eigenvalue weighted by molar-refractivity contribution is 5.85. The Labute approximate surface area is 124 Å². The van der Waals surface area contributed by atoms with E-state index in [9.17, 15) is 8.78 Å². The SMILES string of the molecule is Cl.Fc1cccc([C@H](C2CCC2)N2CCNCC2)c1F. The second kappa shape index (κ2) is 6.83. The van der Waals surface area contributed by atoms with Crippen LogP contribution in [0.25, 0.3) is 0 Å². The predicted octanol–water partition coefficient (Wildman–Crippen LogP) is 3.13. The fraction of sp³-hybridized carbons (Fsp3) is 0.600. The first-order valence-corrected chi connectivity index (χ1v) is 7.16. The van der Waals surface area contributed by atoms with E-state index in [-0.39, 0.29) is 18.4 Å². The summed E-state index contributed by atoms with van der Waals surface area (Å²) in [5.41, 5.74) is 0.548. The Hall–Kier alpha value is -0.710. The minimum absolute atomic E-state index is 0. The minimum atomic E-state index is -0.725. The molecule has 5 heteroatoms. The summed E-state index contributed by atoms with van der Waals surface area (Å²) in [7, 11) is 0. The molecule has 20 heavy (non-hydrogen) atoms. The Bertz CT molecular complexity index is 445. The second-order valence-electron chi connectivity index (χ2n) is 5.56. The van der Waals surface area contributed by atoms with Crippen LogP contribution in [-0.4, -0.2) is 31.1 Å². The Morgan fingerprint density at radius 1 is 1.15 bits per heavy atom. The lowest BCUT2D eigenvalue weighted by Gasteiger charge is -2.43. The topological polar surface area (TPSA) is 15.3 Å². The minimum Gasteiger partial charge on any atom is -0.314 e. The molecular formula is C15H21ClF2N2. The van der Waals surface area contributed by atoms with Gasteiger partial charge in [-0.3, -0.25) is 4.90 Å². The standard InChI is InChI=1S/C15H20F2N2.ClH/c16-13-6-2-5-12(14(13)17)15(11-3-1-4-11)19-9-7-18-8-10-19;/h2,5-6,11,15,18H,1,3-4,7-10H2;1H/t15-;/m0./s1. The molecule has 0 unspecified atom stereocenters. The number of hydrogen-bond donors (Lipinski definition) is 1. The third kappa shape index (κ3) is 2.97. The molecule has 0 aromatic heterocycles. The summed E-state index contributed by atoms with van der Waals surface area (Å²) in [6.45, 7) is 3.69. The number of rotatable bonds is 3. The molecule has 1 heterocycles. The molecule has 1 N–H and O–H groups in total. The molecule has 1 saturated carbocycles. The summed E-state index contributed by atoms with van der Waals surface area (Å²) in [5, 5.41) is 3.31. The average Bonchev–Trinajstić information content (AvgIpc) is 2.38. The molecule has 0 bridgehead atoms. The van der Waals surface area contributed by atoms with Gasteiger partial charge in [0, 0.05) is 37.8 Å². The van der Waals surface area contributed by atoms with Gasteiger partial charge < -0.3 is 5.32 Å². The number of benzene rings is 1. The van der Waals surface area contributed by atoms with Gasteiger partial charge in [-0.2, -0.15) is 0 Å². The number of nitrogens with zero attached hydrogens (tertiary/aromatic N) is 1. The van der Waals surface area contributed by atoms with Crippen LogP contribution in [0, 0.1) is 17.6 Å². The molecule has 2 fully saturated rings. The first kappa shape index (κ1) is 15.7. The van der Waals surface area contributed by atoms with E-state index in [0.29, 0.717) is 11.5 Å². The van der Waals surface area contributed by atoms with Crippen LogP contribution >= 0.6 is 12.4 Å². The molecule has 1 aromatic carbocycles. The number of hydrogen-bond acceptors (Lipinski definition) is 2. The molecule has 1 aromatic rings. The molecule has 1 aliphatic carbocycles. The average molecular weight is 303 g/mol. The van der Waals surface area contributed by atoms with E-state index >= 15 is 0 Å². The number of halogens is 3. The van der Waals surface area contributed by atoms with Gasteiger partial charge in [-0.05, 0) is 24.8 Å². The zero-order chi connectivity index (χ0) is 13.2. The molecule has 0 spiro atoms. The molecular weight excluding hydrogens is 282 g/mol. The van der Waals surface area contributed by atoms with Crippen molar-refractivity contribution in [1.82, 2.24) is 10.2 Å². The monoisotopic (exact) mass is 302 g/mol. The lowest BCUT2D eigenvalue weighted by atomic mass is 9.76. The van der Waals surface area contributed by atoms with Crippen molar-refractivity contribution < 1.29 is 8.78 Å². The Morgan fingerprint density at radius 2 is 1.85 bits per heavy atom. The third-order valence-corrected chi connectivity index (χ3v) is 4.44. The van der Waals surface area contributed by atoms with Crippen molar-refractivity contribution in [2.24, 2.45) is 5.92 Å². The summed E-state index contributed by atoms with van der Waals surface area (Å²) < 4.78 is 27.6. The van der Waals surface area contributed by atoms with Crippen LogP contribution in [0.4, 0.5) is 8.78 Å². The van der Waals surface area contributed by atoms with E-state index in [0.717, 1.165) is 39.0 Å². The van der Waals surface area contributed by atoms with Crippen LogP contribution in [0.15, 0.2) is 18.2 Å². The summed E-state index contributed by atoms with van der Waals surface area (Å²) in [4.78, 5) is 2.32. The van der Waals surface area contributed by atoms with Crippen LogP contribution in [0.1, 0.15) is 30.9 Å². The van der Waals surface area contributed by atoms with Crippen molar-refractivity contribution in [2.75, 3.05) is 26.2 Å². The van der Waals surface area contributed by atoms with Crippen molar-refractivity contribution in [3.05, 3.63) is 35.4 Å². The Kier molecular flexibility index (Phi) is 5.35. The highest BCUT2D eigenvalue weighted by Gasteiger charge is 2.35. The van der Waals surface area contributed by atoms with E-state index in [1.165, 1.54) is 12.5 Å². The molecule has 2 nitrogen and oxygen atoms in total. The van der Waals surface area contributed by atoms with Crippen LogP contribution in [0.2, 0.25) is 0 Å². The maximum Gasteiger partial charge on any atom is 0.163 e. The fourth-order valence-corrected chi connectivity index (χ4v) is 3.21. The zero-order valence-corrected chi connectivity index (χ0v) is 12.3. The molecule has 2 aliphatic rings. The van der Waals surface area contributed by atoms with Gasteiger partial charge in [-0.15, -0.1) is 12.4 Å². The third-order valence-electron chi connectivity index (χ3n) is 4.44. The molecule has 112 valence electrons. The van der Waals surface area contributed by atoms with Crippen LogP contribution in [0.5, 0.6) is 0 Å². The highest BCUT2D eigenvalue weighted by Crippen LogP contribution is 2.42. The lowest BCUT2D eigenvalue weighted by Crippen LogP contribution is -2.48. The van der Waals surface area contributed by atoms with Gasteiger partial charge >= 0.3 is 0 Å². The molecule has 1 saturated heterocycles. The maximum absolute atomic E-state index is 14.1. The normalized spacial score (nSPS) is 21.9. The van der Waals surface area contributed by atoms with E-state index in [4.69, 9.17) is 0 Å². The Morgan fingerprint density at radius 3 is 2.45 bits per heavy atom. The molecule has 0 amide bonds. The Balaban J connectivity index is 0.00000147. The largest absolute Gasteiger partial charge is 0.314 e. The van der Waals surface area contributed by atoms with Crippen molar-refractivity contribution in [3.63, 3.8) is 0 Å². The van der Waals surface area contributed by atoms with Crippen LogP contribution in [0.3, 0.4) is 0 Å². The first-order chi connectivity index (χ1) is 9.27. The van der Waals surface area contributed by atoms with Gasteiger partial charge in [0.1, 0.15) is 0 Å². The summed E-state index contributed by atoms with van der Waals surface area (Å²) >= 11 is 0. The van der Waals surface area contributed by atoms with Crippen LogP contribution in [-0.2, 0) is 0 Å². The summed E-state index contributed by atoms with van der Waals surface area (Å²) in [5.74, 6) is -0.899. The smallest absolute Gasteiger partial charge is 0.163 e. The van der Waals surface area contributed by atoms with Crippen molar-refractivity contribution >= 4 is 12.4 Å². The van der Waals surface area contributed by atoms with Gasteiger partial charge in [0.05, 0.1) is 0 Å². The van der Waals surface area contributed by atoms with E-state index < -0.39 is 11.6 Å². The predicted molar refractivity (Wildman–Crippen MR) is 78.1 cm³/mol. The van der Waals surface area contributed by atoms with Crippen LogP contribution < -0.4 is 5.32 Å².